The summed E-state index contributed by atoms with van der Waals surface area (Å²) >= 11 is 14.8. The summed E-state index contributed by atoms with van der Waals surface area (Å²) in [6.07, 6.45) is 0. The molecule has 0 radical (unpaired) electrons. The highest BCUT2D eigenvalue weighted by atomic mass is 79.9. The van der Waals surface area contributed by atoms with E-state index in [0.29, 0.717) is 0 Å². The first kappa shape index (κ1) is 18.1. The van der Waals surface area contributed by atoms with Gasteiger partial charge in [0.25, 0.3) is 0 Å². The highest BCUT2D eigenvalue weighted by Crippen LogP contribution is 2.34. The summed E-state index contributed by atoms with van der Waals surface area (Å²) in [5, 5.41) is 2.78. The van der Waals surface area contributed by atoms with Gasteiger partial charge in [0.2, 0.25) is 5.91 Å². The molecule has 0 unspecified atom stereocenters. The van der Waals surface area contributed by atoms with E-state index in [4.69, 9.17) is 27.4 Å². The number of hydrogen-bond acceptors (Lipinski definition) is 4. The fourth-order valence-corrected chi connectivity index (χ4v) is 4.18. The van der Waals surface area contributed by atoms with Gasteiger partial charge >= 0.3 is 10.1 Å². The van der Waals surface area contributed by atoms with Gasteiger partial charge in [-0.3, -0.25) is 4.79 Å². The van der Waals surface area contributed by atoms with E-state index in [9.17, 15) is 13.2 Å². The quantitative estimate of drug-likeness (QED) is 0.564. The molecule has 2 rings (SSSR count). The molecular weight excluding hydrogens is 429 g/mol. The van der Waals surface area contributed by atoms with Crippen LogP contribution in [0, 0.1) is 0 Å². The van der Waals surface area contributed by atoms with Gasteiger partial charge in [-0.05, 0) is 40.2 Å². The molecule has 23 heavy (non-hydrogen) atoms. The molecule has 0 saturated heterocycles. The third kappa shape index (κ3) is 4.38. The number of para-hydroxylation sites is 2. The molecule has 0 spiro atoms. The smallest absolute Gasteiger partial charge is 0.340 e. The number of nitrogens with one attached hydrogen (secondary N) is 1. The van der Waals surface area contributed by atoms with Gasteiger partial charge in [0.05, 0.1) is 15.7 Å². The molecule has 0 heterocycles. The molecule has 0 aromatic heterocycles. The van der Waals surface area contributed by atoms with Crippen molar-refractivity contribution in [2.75, 3.05) is 5.32 Å². The average molecular weight is 439 g/mol. The third-order valence-corrected chi connectivity index (χ3v) is 5.56. The lowest BCUT2D eigenvalue weighted by Crippen LogP contribution is -2.13. The van der Waals surface area contributed by atoms with Gasteiger partial charge in [-0.2, -0.15) is 8.42 Å². The van der Waals surface area contributed by atoms with Crippen LogP contribution in [-0.2, 0) is 14.9 Å². The number of halogens is 3. The van der Waals surface area contributed by atoms with Crippen LogP contribution in [0.4, 0.5) is 5.69 Å². The van der Waals surface area contributed by atoms with Crippen LogP contribution in [0.1, 0.15) is 6.92 Å². The van der Waals surface area contributed by atoms with Crippen molar-refractivity contribution in [3.63, 3.8) is 0 Å². The summed E-state index contributed by atoms with van der Waals surface area (Å²) in [7, 11) is -4.18. The van der Waals surface area contributed by atoms with Crippen LogP contribution < -0.4 is 9.50 Å². The molecule has 122 valence electrons. The normalized spacial score (nSPS) is 11.1. The maximum absolute atomic E-state index is 12.5. The minimum Gasteiger partial charge on any atom is -0.377 e. The molecular formula is C14H10BrCl2NO4S. The third-order valence-electron chi connectivity index (χ3n) is 2.64. The first-order chi connectivity index (χ1) is 10.7. The molecule has 2 aromatic carbocycles. The SMILES string of the molecule is CC(=O)Nc1ccccc1OS(=O)(=O)c1cc(Cl)c(Cl)cc1Br. The molecule has 0 bridgehead atoms. The lowest BCUT2D eigenvalue weighted by atomic mass is 10.3. The van der Waals surface area contributed by atoms with E-state index in [1.165, 1.54) is 31.2 Å². The zero-order valence-electron chi connectivity index (χ0n) is 11.6. The predicted octanol–water partition coefficient (Wildman–Crippen LogP) is 4.48. The molecule has 2 aromatic rings. The number of hydrogen-bond donors (Lipinski definition) is 1. The molecule has 1 N–H and O–H groups in total. The minimum absolute atomic E-state index is 0.0133. The van der Waals surface area contributed by atoms with E-state index in [1.54, 1.807) is 12.1 Å². The molecule has 0 aliphatic carbocycles. The van der Waals surface area contributed by atoms with Crippen molar-refractivity contribution < 1.29 is 17.4 Å². The lowest BCUT2D eigenvalue weighted by Gasteiger charge is -2.13. The molecule has 0 fully saturated rings. The van der Waals surface area contributed by atoms with E-state index in [2.05, 4.69) is 21.2 Å². The maximum atomic E-state index is 12.5. The zero-order valence-corrected chi connectivity index (χ0v) is 15.6. The number of carbonyl (C=O) groups excluding carboxylic acids is 1. The average Bonchev–Trinajstić information content (AvgIpc) is 2.44. The van der Waals surface area contributed by atoms with Gasteiger partial charge in [0, 0.05) is 11.4 Å². The Morgan fingerprint density at radius 1 is 1.17 bits per heavy atom. The van der Waals surface area contributed by atoms with Crippen molar-refractivity contribution in [1.29, 1.82) is 0 Å². The van der Waals surface area contributed by atoms with Crippen LogP contribution in [0.15, 0.2) is 45.8 Å². The molecule has 0 atom stereocenters. The van der Waals surface area contributed by atoms with E-state index < -0.39 is 10.1 Å². The first-order valence-electron chi connectivity index (χ1n) is 6.16. The zero-order chi connectivity index (χ0) is 17.2. The van der Waals surface area contributed by atoms with Gasteiger partial charge in [-0.1, -0.05) is 35.3 Å². The summed E-state index contributed by atoms with van der Waals surface area (Å²) in [5.74, 6) is -0.366. The second-order valence-corrected chi connectivity index (χ2v) is 7.60. The van der Waals surface area contributed by atoms with Crippen LogP contribution in [0.3, 0.4) is 0 Å². The first-order valence-corrected chi connectivity index (χ1v) is 9.12. The fourth-order valence-electron chi connectivity index (χ4n) is 1.69. The minimum atomic E-state index is -4.18. The van der Waals surface area contributed by atoms with E-state index >= 15 is 0 Å². The molecule has 1 amide bonds. The topological polar surface area (TPSA) is 72.5 Å². The van der Waals surface area contributed by atoms with Crippen molar-refractivity contribution >= 4 is 60.8 Å². The highest BCUT2D eigenvalue weighted by Gasteiger charge is 2.23. The largest absolute Gasteiger partial charge is 0.377 e. The standard InChI is InChI=1S/C14H10BrCl2NO4S/c1-8(19)18-12-4-2-3-5-13(12)22-23(20,21)14-7-11(17)10(16)6-9(14)15/h2-7H,1H3,(H,18,19). The number of rotatable bonds is 4. The Morgan fingerprint density at radius 3 is 2.43 bits per heavy atom. The Morgan fingerprint density at radius 2 is 1.78 bits per heavy atom. The van der Waals surface area contributed by atoms with Gasteiger partial charge in [0.1, 0.15) is 4.90 Å². The summed E-state index contributed by atoms with van der Waals surface area (Å²) in [4.78, 5) is 11.0. The Bertz CT molecular complexity index is 871. The van der Waals surface area contributed by atoms with Crippen LogP contribution >= 0.6 is 39.1 Å². The predicted molar refractivity (Wildman–Crippen MR) is 92.7 cm³/mol. The van der Waals surface area contributed by atoms with Crippen molar-refractivity contribution in [1.82, 2.24) is 0 Å². The number of anilines is 1. The van der Waals surface area contributed by atoms with Crippen molar-refractivity contribution in [3.05, 3.63) is 50.9 Å². The number of benzene rings is 2. The monoisotopic (exact) mass is 437 g/mol. The van der Waals surface area contributed by atoms with Gasteiger partial charge in [-0.25, -0.2) is 0 Å². The van der Waals surface area contributed by atoms with Crippen molar-refractivity contribution in [2.24, 2.45) is 0 Å². The second kappa shape index (κ2) is 7.09. The van der Waals surface area contributed by atoms with Crippen LogP contribution in [0.2, 0.25) is 10.0 Å². The fraction of sp³-hybridized carbons (Fsp3) is 0.0714. The van der Waals surface area contributed by atoms with Crippen LogP contribution in [0.5, 0.6) is 5.75 Å². The Balaban J connectivity index is 2.44. The van der Waals surface area contributed by atoms with Gasteiger partial charge in [-0.15, -0.1) is 0 Å². The van der Waals surface area contributed by atoms with Crippen molar-refractivity contribution in [3.8, 4) is 5.75 Å². The van der Waals surface area contributed by atoms with Gasteiger partial charge in [0.15, 0.2) is 5.75 Å². The van der Waals surface area contributed by atoms with E-state index in [0.717, 1.165) is 0 Å². The highest BCUT2D eigenvalue weighted by molar-refractivity contribution is 9.10. The van der Waals surface area contributed by atoms with Crippen LogP contribution in [-0.4, -0.2) is 14.3 Å². The Hall–Kier alpha value is -1.28. The summed E-state index contributed by atoms with van der Waals surface area (Å²) < 4.78 is 30.2. The molecule has 0 aliphatic heterocycles. The molecule has 0 saturated carbocycles. The Kier molecular flexibility index (Phi) is 5.57. The molecule has 9 heteroatoms. The summed E-state index contributed by atoms with van der Waals surface area (Å²) in [5.41, 5.74) is 0.236. The number of amides is 1. The second-order valence-electron chi connectivity index (χ2n) is 4.41. The maximum Gasteiger partial charge on any atom is 0.340 e. The Labute approximate surface area is 151 Å². The van der Waals surface area contributed by atoms with E-state index in [-0.39, 0.29) is 36.8 Å². The number of carbonyl (C=O) groups is 1. The van der Waals surface area contributed by atoms with Crippen molar-refractivity contribution in [2.45, 2.75) is 11.8 Å². The molecule has 5 nitrogen and oxygen atoms in total. The van der Waals surface area contributed by atoms with E-state index in [1.807, 2.05) is 0 Å². The lowest BCUT2D eigenvalue weighted by molar-refractivity contribution is -0.114. The summed E-state index contributed by atoms with van der Waals surface area (Å²) in [6.45, 7) is 1.31. The van der Waals surface area contributed by atoms with Gasteiger partial charge < -0.3 is 9.50 Å². The molecule has 0 aliphatic rings. The summed E-state index contributed by atoms with van der Waals surface area (Å²) in [6, 6.07) is 8.72. The van der Waals surface area contributed by atoms with Crippen LogP contribution in [0.25, 0.3) is 0 Å².